The minimum absolute atomic E-state index is 0.0411. The molecule has 0 aromatic heterocycles. The molecule has 0 bridgehead atoms. The van der Waals surface area contributed by atoms with E-state index in [-0.39, 0.29) is 12.1 Å². The van der Waals surface area contributed by atoms with Crippen molar-refractivity contribution in [1.29, 1.82) is 0 Å². The number of piperazine rings is 1. The third-order valence-electron chi connectivity index (χ3n) is 4.48. The van der Waals surface area contributed by atoms with Crippen LogP contribution in [0, 0.1) is 0 Å². The van der Waals surface area contributed by atoms with E-state index < -0.39 is 12.7 Å². The largest absolute Gasteiger partial charge is 0.401 e. The maximum Gasteiger partial charge on any atom is 0.401 e. The van der Waals surface area contributed by atoms with Crippen LogP contribution < -0.4 is 5.73 Å². The van der Waals surface area contributed by atoms with Crippen molar-refractivity contribution in [3.63, 3.8) is 0 Å². The molecule has 0 amide bonds. The molecule has 2 aliphatic rings. The molecular formula is C15H20F3N3. The predicted octanol–water partition coefficient (Wildman–Crippen LogP) is 2.31. The van der Waals surface area contributed by atoms with Crippen LogP contribution in [0.2, 0.25) is 0 Å². The molecule has 3 rings (SSSR count). The van der Waals surface area contributed by atoms with Crippen LogP contribution in [0.5, 0.6) is 0 Å². The average molecular weight is 299 g/mol. The first kappa shape index (κ1) is 14.8. The Hall–Kier alpha value is -1.11. The van der Waals surface area contributed by atoms with Crippen molar-refractivity contribution in [1.82, 2.24) is 9.80 Å². The van der Waals surface area contributed by atoms with E-state index in [9.17, 15) is 13.2 Å². The Balaban J connectivity index is 1.63. The molecule has 1 fully saturated rings. The zero-order valence-corrected chi connectivity index (χ0v) is 11.8. The lowest BCUT2D eigenvalue weighted by Gasteiger charge is -2.38. The summed E-state index contributed by atoms with van der Waals surface area (Å²) in [5.41, 5.74) is 8.59. The van der Waals surface area contributed by atoms with Crippen molar-refractivity contribution in [3.8, 4) is 0 Å². The normalized spacial score (nSPS) is 27.8. The summed E-state index contributed by atoms with van der Waals surface area (Å²) in [6.45, 7) is 1.46. The third kappa shape index (κ3) is 3.22. The molecule has 2 atom stereocenters. The minimum Gasteiger partial charge on any atom is -0.324 e. The van der Waals surface area contributed by atoms with Gasteiger partial charge in [0.05, 0.1) is 6.54 Å². The number of fused-ring (bicyclic) bond motifs is 1. The second-order valence-corrected chi connectivity index (χ2v) is 5.91. The molecule has 6 heteroatoms. The molecule has 0 spiro atoms. The molecule has 116 valence electrons. The summed E-state index contributed by atoms with van der Waals surface area (Å²) in [7, 11) is 0. The average Bonchev–Trinajstić information content (AvgIpc) is 2.76. The van der Waals surface area contributed by atoms with Gasteiger partial charge in [-0.3, -0.25) is 9.80 Å². The molecule has 0 radical (unpaired) electrons. The zero-order chi connectivity index (χ0) is 15.0. The second-order valence-electron chi connectivity index (χ2n) is 5.91. The van der Waals surface area contributed by atoms with E-state index in [0.29, 0.717) is 26.2 Å². The van der Waals surface area contributed by atoms with Gasteiger partial charge in [0.25, 0.3) is 0 Å². The van der Waals surface area contributed by atoms with E-state index in [0.717, 1.165) is 6.42 Å². The number of rotatable bonds is 2. The Kier molecular flexibility index (Phi) is 3.94. The summed E-state index contributed by atoms with van der Waals surface area (Å²) in [4.78, 5) is 3.76. The van der Waals surface area contributed by atoms with E-state index in [2.05, 4.69) is 17.0 Å². The van der Waals surface area contributed by atoms with E-state index in [1.807, 2.05) is 12.1 Å². The SMILES string of the molecule is NC1CC(N2CCN(CC(F)(F)F)CC2)c2ccccc21. The van der Waals surface area contributed by atoms with Crippen LogP contribution >= 0.6 is 0 Å². The molecule has 3 nitrogen and oxygen atoms in total. The molecule has 1 aromatic rings. The smallest absolute Gasteiger partial charge is 0.324 e. The topological polar surface area (TPSA) is 32.5 Å². The number of nitrogens with zero attached hydrogens (tertiary/aromatic N) is 2. The van der Waals surface area contributed by atoms with E-state index in [4.69, 9.17) is 5.73 Å². The number of hydrogen-bond donors (Lipinski definition) is 1. The van der Waals surface area contributed by atoms with Crippen molar-refractivity contribution in [2.75, 3.05) is 32.7 Å². The molecule has 2 unspecified atom stereocenters. The van der Waals surface area contributed by atoms with Crippen molar-refractivity contribution in [2.45, 2.75) is 24.7 Å². The molecule has 1 aliphatic carbocycles. The van der Waals surface area contributed by atoms with E-state index in [1.165, 1.54) is 16.0 Å². The van der Waals surface area contributed by atoms with Gasteiger partial charge in [-0.1, -0.05) is 24.3 Å². The van der Waals surface area contributed by atoms with Crippen molar-refractivity contribution < 1.29 is 13.2 Å². The van der Waals surface area contributed by atoms with Crippen LogP contribution in [0.25, 0.3) is 0 Å². The standard InChI is InChI=1S/C15H20F3N3/c16-15(17,18)10-20-5-7-21(8-6-20)14-9-13(19)11-3-1-2-4-12(11)14/h1-4,13-14H,5-10,19H2. The fraction of sp³-hybridized carbons (Fsp3) is 0.600. The maximum absolute atomic E-state index is 12.4. The number of nitrogens with two attached hydrogens (primary N) is 1. The molecule has 1 heterocycles. The first-order chi connectivity index (χ1) is 9.94. The highest BCUT2D eigenvalue weighted by Gasteiger charge is 2.36. The lowest BCUT2D eigenvalue weighted by molar-refractivity contribution is -0.149. The van der Waals surface area contributed by atoms with Crippen LogP contribution in [0.3, 0.4) is 0 Å². The number of halogens is 3. The van der Waals surface area contributed by atoms with E-state index in [1.54, 1.807) is 0 Å². The Morgan fingerprint density at radius 1 is 1.05 bits per heavy atom. The fourth-order valence-electron chi connectivity index (χ4n) is 3.48. The Bertz CT molecular complexity index is 495. The van der Waals surface area contributed by atoms with Crippen molar-refractivity contribution in [2.24, 2.45) is 5.73 Å². The second kappa shape index (κ2) is 5.59. The van der Waals surface area contributed by atoms with Gasteiger partial charge in [0, 0.05) is 38.3 Å². The highest BCUT2D eigenvalue weighted by Crippen LogP contribution is 2.41. The summed E-state index contributed by atoms with van der Waals surface area (Å²) >= 11 is 0. The predicted molar refractivity (Wildman–Crippen MR) is 74.8 cm³/mol. The Morgan fingerprint density at radius 2 is 1.67 bits per heavy atom. The molecule has 21 heavy (non-hydrogen) atoms. The van der Waals surface area contributed by atoms with Crippen LogP contribution in [-0.2, 0) is 0 Å². The maximum atomic E-state index is 12.4. The zero-order valence-electron chi connectivity index (χ0n) is 11.8. The summed E-state index contributed by atoms with van der Waals surface area (Å²) in [5.74, 6) is 0. The highest BCUT2D eigenvalue weighted by atomic mass is 19.4. The van der Waals surface area contributed by atoms with Gasteiger partial charge in [-0.25, -0.2) is 0 Å². The monoisotopic (exact) mass is 299 g/mol. The lowest BCUT2D eigenvalue weighted by Crippen LogP contribution is -2.49. The molecule has 2 N–H and O–H groups in total. The lowest BCUT2D eigenvalue weighted by atomic mass is 10.1. The van der Waals surface area contributed by atoms with Crippen LogP contribution in [0.4, 0.5) is 13.2 Å². The van der Waals surface area contributed by atoms with Crippen LogP contribution in [0.15, 0.2) is 24.3 Å². The molecule has 1 aliphatic heterocycles. The van der Waals surface area contributed by atoms with Crippen LogP contribution in [0.1, 0.15) is 29.6 Å². The fourth-order valence-corrected chi connectivity index (χ4v) is 3.48. The van der Waals surface area contributed by atoms with Gasteiger partial charge in [-0.15, -0.1) is 0 Å². The van der Waals surface area contributed by atoms with Gasteiger partial charge < -0.3 is 5.73 Å². The Labute approximate surface area is 122 Å². The molecular weight excluding hydrogens is 279 g/mol. The number of hydrogen-bond acceptors (Lipinski definition) is 3. The van der Waals surface area contributed by atoms with Crippen molar-refractivity contribution >= 4 is 0 Å². The van der Waals surface area contributed by atoms with Gasteiger partial charge >= 0.3 is 6.18 Å². The minimum atomic E-state index is -4.11. The van der Waals surface area contributed by atoms with Gasteiger partial charge in [0.15, 0.2) is 0 Å². The Morgan fingerprint density at radius 3 is 2.29 bits per heavy atom. The van der Waals surface area contributed by atoms with Crippen LogP contribution in [-0.4, -0.2) is 48.7 Å². The summed E-state index contributed by atoms with van der Waals surface area (Å²) in [5, 5.41) is 0. The highest BCUT2D eigenvalue weighted by molar-refractivity contribution is 5.37. The summed E-state index contributed by atoms with van der Waals surface area (Å²) in [6, 6.07) is 8.43. The molecule has 1 aromatic carbocycles. The van der Waals surface area contributed by atoms with E-state index >= 15 is 0 Å². The first-order valence-electron chi connectivity index (χ1n) is 7.31. The third-order valence-corrected chi connectivity index (χ3v) is 4.48. The summed E-state index contributed by atoms with van der Waals surface area (Å²) in [6.07, 6.45) is -3.25. The van der Waals surface area contributed by atoms with Gasteiger partial charge in [-0.2, -0.15) is 13.2 Å². The van der Waals surface area contributed by atoms with Crippen molar-refractivity contribution in [3.05, 3.63) is 35.4 Å². The number of benzene rings is 1. The summed E-state index contributed by atoms with van der Waals surface area (Å²) < 4.78 is 37.2. The molecule has 1 saturated heterocycles. The van der Waals surface area contributed by atoms with Gasteiger partial charge in [-0.05, 0) is 17.5 Å². The van der Waals surface area contributed by atoms with Gasteiger partial charge in [0.1, 0.15) is 0 Å². The first-order valence-corrected chi connectivity index (χ1v) is 7.31. The van der Waals surface area contributed by atoms with Gasteiger partial charge in [0.2, 0.25) is 0 Å². The molecule has 0 saturated carbocycles. The quantitative estimate of drug-likeness (QED) is 0.909. The number of alkyl halides is 3.